The van der Waals surface area contributed by atoms with Gasteiger partial charge in [-0.3, -0.25) is 0 Å². The van der Waals surface area contributed by atoms with E-state index in [0.717, 1.165) is 28.0 Å². The largest absolute Gasteiger partial charge is 0.398 e. The van der Waals surface area contributed by atoms with Crippen LogP contribution in [0.5, 0.6) is 0 Å². The van der Waals surface area contributed by atoms with Crippen LogP contribution in [0.4, 0.5) is 17.2 Å². The van der Waals surface area contributed by atoms with E-state index in [1.165, 1.54) is 0 Å². The maximum atomic E-state index is 5.87. The van der Waals surface area contributed by atoms with Crippen molar-refractivity contribution in [3.05, 3.63) is 48.0 Å². The van der Waals surface area contributed by atoms with Gasteiger partial charge < -0.3 is 5.73 Å². The van der Waals surface area contributed by atoms with Gasteiger partial charge in [0.05, 0.1) is 16.0 Å². The Labute approximate surface area is 133 Å². The van der Waals surface area contributed by atoms with Gasteiger partial charge in [-0.05, 0) is 41.0 Å². The van der Waals surface area contributed by atoms with Crippen LogP contribution in [-0.2, 0) is 20.0 Å². The van der Waals surface area contributed by atoms with Gasteiger partial charge in [0.25, 0.3) is 0 Å². The minimum absolute atomic E-state index is 0.358. The fraction of sp³-hybridized carbons (Fsp3) is 0.188. The van der Waals surface area contributed by atoms with Gasteiger partial charge in [0.1, 0.15) is 12.7 Å². The van der Waals surface area contributed by atoms with Gasteiger partial charge >= 0.3 is 5.82 Å². The van der Waals surface area contributed by atoms with E-state index in [1.54, 1.807) is 6.07 Å². The van der Waals surface area contributed by atoms with Gasteiger partial charge in [0.2, 0.25) is 0 Å². The van der Waals surface area contributed by atoms with Gasteiger partial charge in [-0.15, -0.1) is 11.6 Å². The topological polar surface area (TPSA) is 59.6 Å². The Morgan fingerprint density at radius 3 is 2.73 bits per heavy atom. The maximum absolute atomic E-state index is 5.87. The zero-order valence-corrected chi connectivity index (χ0v) is 13.2. The standard InChI is InChI=1S/C16H16ClN5/c1-21-15-6-4-3-5-13(15)16(22(21)2)20-19-12-7-8-14(18)11(9-12)10-17/h3-9,18H,10H2,1-2H3/p+1. The molecule has 0 saturated heterocycles. The molecule has 0 aliphatic heterocycles. The molecule has 0 amide bonds. The molecule has 0 radical (unpaired) electrons. The van der Waals surface area contributed by atoms with Crippen LogP contribution in [-0.4, -0.2) is 4.68 Å². The van der Waals surface area contributed by atoms with Gasteiger partial charge in [-0.1, -0.05) is 12.1 Å². The Bertz CT molecular complexity index is 866. The molecular weight excluding hydrogens is 298 g/mol. The molecule has 1 aromatic heterocycles. The Morgan fingerprint density at radius 2 is 1.95 bits per heavy atom. The number of halogens is 1. The van der Waals surface area contributed by atoms with Crippen LogP contribution in [0.25, 0.3) is 10.9 Å². The molecule has 22 heavy (non-hydrogen) atoms. The molecule has 0 aliphatic carbocycles. The van der Waals surface area contributed by atoms with Crippen molar-refractivity contribution in [2.24, 2.45) is 24.3 Å². The summed E-state index contributed by atoms with van der Waals surface area (Å²) in [6.45, 7) is 0. The van der Waals surface area contributed by atoms with Crippen LogP contribution in [0.3, 0.4) is 0 Å². The first-order valence-electron chi connectivity index (χ1n) is 6.91. The number of nitrogens with two attached hydrogens (primary N) is 1. The van der Waals surface area contributed by atoms with Crippen molar-refractivity contribution in [2.75, 3.05) is 5.73 Å². The average Bonchev–Trinajstić information content (AvgIpc) is 2.79. The van der Waals surface area contributed by atoms with E-state index in [2.05, 4.69) is 16.3 Å². The summed E-state index contributed by atoms with van der Waals surface area (Å²) in [5.41, 5.74) is 9.22. The summed E-state index contributed by atoms with van der Waals surface area (Å²) in [5.74, 6) is 1.17. The SMILES string of the molecule is Cn1c2ccccc2c(N=Nc2ccc(N)c(CCl)c2)[n+]1C. The van der Waals surface area contributed by atoms with E-state index >= 15 is 0 Å². The Morgan fingerprint density at radius 1 is 1.18 bits per heavy atom. The molecular formula is C16H17ClN5+. The Kier molecular flexibility index (Phi) is 3.81. The molecule has 0 saturated carbocycles. The molecule has 3 rings (SSSR count). The summed E-state index contributed by atoms with van der Waals surface area (Å²) in [4.78, 5) is 0. The summed E-state index contributed by atoms with van der Waals surface area (Å²) >= 11 is 5.87. The number of hydrogen-bond donors (Lipinski definition) is 1. The normalized spacial score (nSPS) is 11.6. The summed E-state index contributed by atoms with van der Waals surface area (Å²) < 4.78 is 4.00. The minimum Gasteiger partial charge on any atom is -0.398 e. The monoisotopic (exact) mass is 314 g/mol. The van der Waals surface area contributed by atoms with Gasteiger partial charge in [0, 0.05) is 18.6 Å². The van der Waals surface area contributed by atoms with Crippen molar-refractivity contribution >= 4 is 39.7 Å². The smallest absolute Gasteiger partial charge is 0.378 e. The third-order valence-corrected chi connectivity index (χ3v) is 4.07. The van der Waals surface area contributed by atoms with E-state index in [-0.39, 0.29) is 0 Å². The average molecular weight is 315 g/mol. The fourth-order valence-electron chi connectivity index (χ4n) is 2.42. The van der Waals surface area contributed by atoms with Crippen molar-refractivity contribution in [1.82, 2.24) is 4.68 Å². The number of fused-ring (bicyclic) bond motifs is 1. The second-order valence-corrected chi connectivity index (χ2v) is 5.37. The number of aromatic nitrogens is 2. The highest BCUT2D eigenvalue weighted by Crippen LogP contribution is 2.26. The van der Waals surface area contributed by atoms with E-state index in [1.807, 2.05) is 53.8 Å². The molecule has 5 nitrogen and oxygen atoms in total. The predicted octanol–water partition coefficient (Wildman–Crippen LogP) is 3.74. The number of aryl methyl sites for hydroxylation is 1. The molecule has 1 heterocycles. The molecule has 0 fully saturated rings. The third kappa shape index (κ3) is 2.44. The fourth-order valence-corrected chi connectivity index (χ4v) is 2.65. The number of azo groups is 1. The summed E-state index contributed by atoms with van der Waals surface area (Å²) in [7, 11) is 3.96. The lowest BCUT2D eigenvalue weighted by atomic mass is 10.2. The lowest BCUT2D eigenvalue weighted by molar-refractivity contribution is -0.737. The van der Waals surface area contributed by atoms with Gasteiger partial charge in [-0.25, -0.2) is 4.68 Å². The van der Waals surface area contributed by atoms with Crippen LogP contribution in [0.1, 0.15) is 5.56 Å². The number of nitrogen functional groups attached to an aromatic ring is 1. The lowest BCUT2D eigenvalue weighted by Crippen LogP contribution is -2.36. The number of alkyl halides is 1. The quantitative estimate of drug-likeness (QED) is 0.340. The molecule has 112 valence electrons. The molecule has 3 aromatic rings. The van der Waals surface area contributed by atoms with Crippen LogP contribution in [0.2, 0.25) is 0 Å². The Balaban J connectivity index is 2.05. The molecule has 6 heteroatoms. The van der Waals surface area contributed by atoms with Gasteiger partial charge in [-0.2, -0.15) is 4.68 Å². The molecule has 2 aromatic carbocycles. The van der Waals surface area contributed by atoms with Crippen molar-refractivity contribution in [1.29, 1.82) is 0 Å². The number of anilines is 1. The van der Waals surface area contributed by atoms with Crippen LogP contribution in [0.15, 0.2) is 52.7 Å². The lowest BCUT2D eigenvalue weighted by Gasteiger charge is -2.00. The van der Waals surface area contributed by atoms with E-state index in [9.17, 15) is 0 Å². The summed E-state index contributed by atoms with van der Waals surface area (Å²) in [6.07, 6.45) is 0. The first kappa shape index (κ1) is 14.5. The number of benzene rings is 2. The highest BCUT2D eigenvalue weighted by atomic mass is 35.5. The van der Waals surface area contributed by atoms with E-state index in [0.29, 0.717) is 11.6 Å². The van der Waals surface area contributed by atoms with Crippen LogP contribution >= 0.6 is 11.6 Å². The highest BCUT2D eigenvalue weighted by molar-refractivity contribution is 6.17. The van der Waals surface area contributed by atoms with Crippen molar-refractivity contribution in [2.45, 2.75) is 5.88 Å². The van der Waals surface area contributed by atoms with Crippen LogP contribution in [0, 0.1) is 0 Å². The molecule has 2 N–H and O–H groups in total. The second kappa shape index (κ2) is 5.77. The van der Waals surface area contributed by atoms with E-state index in [4.69, 9.17) is 17.3 Å². The third-order valence-electron chi connectivity index (χ3n) is 3.78. The number of hydrogen-bond acceptors (Lipinski definition) is 3. The van der Waals surface area contributed by atoms with E-state index < -0.39 is 0 Å². The minimum atomic E-state index is 0.358. The first-order chi connectivity index (χ1) is 10.6. The maximum Gasteiger partial charge on any atom is 0.378 e. The number of para-hydroxylation sites is 1. The van der Waals surface area contributed by atoms with Gasteiger partial charge in [0.15, 0.2) is 0 Å². The predicted molar refractivity (Wildman–Crippen MR) is 88.7 cm³/mol. The van der Waals surface area contributed by atoms with Crippen molar-refractivity contribution < 1.29 is 4.68 Å². The molecule has 0 atom stereocenters. The molecule has 0 aliphatic rings. The van der Waals surface area contributed by atoms with Crippen molar-refractivity contribution in [3.8, 4) is 0 Å². The first-order valence-corrected chi connectivity index (χ1v) is 7.45. The molecule has 0 bridgehead atoms. The van der Waals surface area contributed by atoms with Crippen LogP contribution < -0.4 is 10.4 Å². The number of nitrogens with zero attached hydrogens (tertiary/aromatic N) is 4. The second-order valence-electron chi connectivity index (χ2n) is 5.10. The summed E-state index contributed by atoms with van der Waals surface area (Å²) in [5, 5.41) is 9.80. The molecule has 0 unspecified atom stereocenters. The van der Waals surface area contributed by atoms with Crippen molar-refractivity contribution in [3.63, 3.8) is 0 Å². The zero-order chi connectivity index (χ0) is 15.7. The highest BCUT2D eigenvalue weighted by Gasteiger charge is 2.19. The number of rotatable bonds is 3. The Hall–Kier alpha value is -2.40. The summed E-state index contributed by atoms with van der Waals surface area (Å²) in [6, 6.07) is 13.6. The molecule has 0 spiro atoms. The zero-order valence-electron chi connectivity index (χ0n) is 12.5.